The van der Waals surface area contributed by atoms with E-state index >= 15 is 0 Å². The van der Waals surface area contributed by atoms with Gasteiger partial charge in [-0.05, 0) is 31.6 Å². The summed E-state index contributed by atoms with van der Waals surface area (Å²) < 4.78 is 0. The summed E-state index contributed by atoms with van der Waals surface area (Å²) in [5, 5.41) is 11.9. The Morgan fingerprint density at radius 2 is 1.89 bits per heavy atom. The molecule has 5 heteroatoms. The predicted molar refractivity (Wildman–Crippen MR) is 71.4 cm³/mol. The quantitative estimate of drug-likeness (QED) is 0.781. The van der Waals surface area contributed by atoms with Gasteiger partial charge >= 0.3 is 0 Å². The molecule has 0 radical (unpaired) electrons. The van der Waals surface area contributed by atoms with Crippen molar-refractivity contribution in [3.05, 3.63) is 0 Å². The van der Waals surface area contributed by atoms with Crippen molar-refractivity contribution in [1.82, 2.24) is 10.2 Å². The van der Waals surface area contributed by atoms with Crippen LogP contribution in [0.5, 0.6) is 0 Å². The van der Waals surface area contributed by atoms with Crippen LogP contribution >= 0.6 is 0 Å². The van der Waals surface area contributed by atoms with Crippen molar-refractivity contribution in [3.8, 4) is 0 Å². The third-order valence-electron chi connectivity index (χ3n) is 4.27. The van der Waals surface area contributed by atoms with Crippen molar-refractivity contribution >= 4 is 11.8 Å². The summed E-state index contributed by atoms with van der Waals surface area (Å²) in [6, 6.07) is 0. The zero-order valence-corrected chi connectivity index (χ0v) is 11.4. The lowest BCUT2D eigenvalue weighted by Crippen LogP contribution is -2.46. The number of hydrogen-bond donors (Lipinski definition) is 2. The number of piperidine rings is 1. The maximum Gasteiger partial charge on any atom is 0.241 e. The van der Waals surface area contributed by atoms with E-state index in [1.165, 1.54) is 0 Å². The smallest absolute Gasteiger partial charge is 0.241 e. The minimum Gasteiger partial charge on any atom is -0.396 e. The minimum atomic E-state index is -0.0236. The SMILES string of the molecule is O=C(NCC(=O)N1CCCC(CO)C1)C1CCCC1. The fraction of sp³-hybridized carbons (Fsp3) is 0.857. The maximum absolute atomic E-state index is 12.0. The molecule has 0 aromatic carbocycles. The van der Waals surface area contributed by atoms with Crippen molar-refractivity contribution < 1.29 is 14.7 Å². The van der Waals surface area contributed by atoms with Gasteiger partial charge in [-0.25, -0.2) is 0 Å². The number of aliphatic hydroxyl groups is 1. The first-order valence-electron chi connectivity index (χ1n) is 7.37. The van der Waals surface area contributed by atoms with Crippen LogP contribution in [0.25, 0.3) is 0 Å². The van der Waals surface area contributed by atoms with Gasteiger partial charge in [-0.15, -0.1) is 0 Å². The first-order valence-corrected chi connectivity index (χ1v) is 7.37. The van der Waals surface area contributed by atoms with Gasteiger partial charge in [-0.1, -0.05) is 12.8 Å². The second-order valence-corrected chi connectivity index (χ2v) is 5.73. The van der Waals surface area contributed by atoms with E-state index in [1.807, 2.05) is 0 Å². The van der Waals surface area contributed by atoms with Crippen molar-refractivity contribution in [1.29, 1.82) is 0 Å². The van der Waals surface area contributed by atoms with Crippen molar-refractivity contribution in [2.24, 2.45) is 11.8 Å². The Hall–Kier alpha value is -1.10. The number of hydrogen-bond acceptors (Lipinski definition) is 3. The fourth-order valence-electron chi connectivity index (χ4n) is 3.05. The van der Waals surface area contributed by atoms with Gasteiger partial charge < -0.3 is 15.3 Å². The Labute approximate surface area is 114 Å². The van der Waals surface area contributed by atoms with Gasteiger partial charge in [0.2, 0.25) is 11.8 Å². The van der Waals surface area contributed by atoms with Crippen molar-refractivity contribution in [3.63, 3.8) is 0 Å². The van der Waals surface area contributed by atoms with Crippen LogP contribution in [0.3, 0.4) is 0 Å². The highest BCUT2D eigenvalue weighted by Crippen LogP contribution is 2.24. The summed E-state index contributed by atoms with van der Waals surface area (Å²) in [7, 11) is 0. The van der Waals surface area contributed by atoms with E-state index in [0.29, 0.717) is 6.54 Å². The zero-order chi connectivity index (χ0) is 13.7. The van der Waals surface area contributed by atoms with Crippen LogP contribution < -0.4 is 5.32 Å². The van der Waals surface area contributed by atoms with E-state index in [2.05, 4.69) is 5.32 Å². The van der Waals surface area contributed by atoms with E-state index in [4.69, 9.17) is 5.11 Å². The molecule has 0 spiro atoms. The number of likely N-dealkylation sites (tertiary alicyclic amines) is 1. The predicted octanol–water partition coefficient (Wildman–Crippen LogP) is 0.524. The topological polar surface area (TPSA) is 69.6 Å². The maximum atomic E-state index is 12.0. The minimum absolute atomic E-state index is 0.0236. The molecular weight excluding hydrogens is 244 g/mol. The molecule has 2 N–H and O–H groups in total. The molecule has 19 heavy (non-hydrogen) atoms. The number of carbonyl (C=O) groups is 2. The molecule has 0 aromatic rings. The lowest BCUT2D eigenvalue weighted by Gasteiger charge is -2.32. The normalized spacial score (nSPS) is 24.5. The number of nitrogens with one attached hydrogen (secondary N) is 1. The Kier molecular flexibility index (Phi) is 5.19. The molecule has 2 fully saturated rings. The van der Waals surface area contributed by atoms with Crippen LogP contribution in [0.2, 0.25) is 0 Å². The molecule has 0 bridgehead atoms. The Morgan fingerprint density at radius 1 is 1.16 bits per heavy atom. The van der Waals surface area contributed by atoms with E-state index in [0.717, 1.165) is 45.1 Å². The summed E-state index contributed by atoms with van der Waals surface area (Å²) in [6.45, 7) is 1.61. The Balaban J connectivity index is 1.72. The molecule has 2 amide bonds. The van der Waals surface area contributed by atoms with Crippen LogP contribution in [-0.2, 0) is 9.59 Å². The molecular formula is C14H24N2O3. The third kappa shape index (κ3) is 3.93. The number of nitrogens with zero attached hydrogens (tertiary/aromatic N) is 1. The second kappa shape index (κ2) is 6.89. The molecule has 1 heterocycles. The largest absolute Gasteiger partial charge is 0.396 e. The van der Waals surface area contributed by atoms with Crippen LogP contribution in [0.4, 0.5) is 0 Å². The molecule has 2 rings (SSSR count). The number of rotatable bonds is 4. The van der Waals surface area contributed by atoms with Crippen molar-refractivity contribution in [2.45, 2.75) is 38.5 Å². The Morgan fingerprint density at radius 3 is 2.58 bits per heavy atom. The molecule has 1 saturated carbocycles. The summed E-state index contributed by atoms with van der Waals surface area (Å²) in [4.78, 5) is 25.6. The molecule has 5 nitrogen and oxygen atoms in total. The van der Waals surface area contributed by atoms with Crippen LogP contribution in [0, 0.1) is 11.8 Å². The Bertz CT molecular complexity index is 327. The lowest BCUT2D eigenvalue weighted by molar-refractivity contribution is -0.135. The lowest BCUT2D eigenvalue weighted by atomic mass is 9.99. The van der Waals surface area contributed by atoms with Gasteiger partial charge in [0, 0.05) is 25.6 Å². The molecule has 108 valence electrons. The van der Waals surface area contributed by atoms with Crippen LogP contribution in [0.15, 0.2) is 0 Å². The number of carbonyl (C=O) groups excluding carboxylic acids is 2. The summed E-state index contributed by atoms with van der Waals surface area (Å²) in [5.41, 5.74) is 0. The van der Waals surface area contributed by atoms with Gasteiger partial charge in [0.25, 0.3) is 0 Å². The summed E-state index contributed by atoms with van der Waals surface area (Å²) in [6.07, 6.45) is 6.07. The molecule has 1 saturated heterocycles. The van der Waals surface area contributed by atoms with Gasteiger partial charge in [-0.3, -0.25) is 9.59 Å². The van der Waals surface area contributed by atoms with E-state index in [1.54, 1.807) is 4.90 Å². The first kappa shape index (κ1) is 14.3. The van der Waals surface area contributed by atoms with Gasteiger partial charge in [0.05, 0.1) is 6.54 Å². The highest BCUT2D eigenvalue weighted by atomic mass is 16.3. The molecule has 1 atom stereocenters. The zero-order valence-electron chi connectivity index (χ0n) is 11.4. The molecule has 0 aromatic heterocycles. The van der Waals surface area contributed by atoms with Crippen molar-refractivity contribution in [2.75, 3.05) is 26.2 Å². The molecule has 1 aliphatic heterocycles. The molecule has 1 aliphatic carbocycles. The summed E-state index contributed by atoms with van der Waals surface area (Å²) in [5.74, 6) is 0.314. The van der Waals surface area contributed by atoms with E-state index < -0.39 is 0 Å². The van der Waals surface area contributed by atoms with Gasteiger partial charge in [0.1, 0.15) is 0 Å². The van der Waals surface area contributed by atoms with Gasteiger partial charge in [0.15, 0.2) is 0 Å². The van der Waals surface area contributed by atoms with Crippen LogP contribution in [0.1, 0.15) is 38.5 Å². The molecule has 1 unspecified atom stereocenters. The first-order chi connectivity index (χ1) is 9.20. The highest BCUT2D eigenvalue weighted by molar-refractivity contribution is 5.86. The van der Waals surface area contributed by atoms with Gasteiger partial charge in [-0.2, -0.15) is 0 Å². The number of amides is 2. The highest BCUT2D eigenvalue weighted by Gasteiger charge is 2.25. The monoisotopic (exact) mass is 268 g/mol. The summed E-state index contributed by atoms with van der Waals surface area (Å²) >= 11 is 0. The standard InChI is InChI=1S/C14H24N2O3/c17-10-11-4-3-7-16(9-11)13(18)8-15-14(19)12-5-1-2-6-12/h11-12,17H,1-10H2,(H,15,19). The van der Waals surface area contributed by atoms with E-state index in [-0.39, 0.29) is 36.8 Å². The van der Waals surface area contributed by atoms with Crippen LogP contribution in [-0.4, -0.2) is 48.1 Å². The second-order valence-electron chi connectivity index (χ2n) is 5.73. The average Bonchev–Trinajstić information content (AvgIpc) is 2.98. The van der Waals surface area contributed by atoms with E-state index in [9.17, 15) is 9.59 Å². The molecule has 2 aliphatic rings. The third-order valence-corrected chi connectivity index (χ3v) is 4.27. The number of aliphatic hydroxyl groups excluding tert-OH is 1. The average molecular weight is 268 g/mol. The fourth-order valence-corrected chi connectivity index (χ4v) is 3.05.